The predicted octanol–water partition coefficient (Wildman–Crippen LogP) is 1.70. The Morgan fingerprint density at radius 3 is 2.93 bits per heavy atom. The molecule has 2 N–H and O–H groups in total. The summed E-state index contributed by atoms with van der Waals surface area (Å²) < 4.78 is 0.916. The van der Waals surface area contributed by atoms with E-state index in [1.54, 1.807) is 13.2 Å². The van der Waals surface area contributed by atoms with Crippen molar-refractivity contribution in [3.8, 4) is 0 Å². The van der Waals surface area contributed by atoms with Gasteiger partial charge in [0, 0.05) is 26.2 Å². The number of halogens is 1. The maximum absolute atomic E-state index is 11.0. The van der Waals surface area contributed by atoms with E-state index in [0.717, 1.165) is 15.9 Å². The van der Waals surface area contributed by atoms with Crippen molar-refractivity contribution in [3.05, 3.63) is 22.3 Å². The topological polar surface area (TPSA) is 54.0 Å². The zero-order chi connectivity index (χ0) is 11.3. The van der Waals surface area contributed by atoms with Gasteiger partial charge in [-0.1, -0.05) is 0 Å². The number of aromatic nitrogens is 1. The molecule has 1 amide bonds. The summed E-state index contributed by atoms with van der Waals surface area (Å²) in [5.41, 5.74) is 1.10. The second-order valence-electron chi connectivity index (χ2n) is 3.19. The van der Waals surface area contributed by atoms with Crippen molar-refractivity contribution < 1.29 is 4.79 Å². The van der Waals surface area contributed by atoms with Crippen LogP contribution in [0.2, 0.25) is 0 Å². The first kappa shape index (κ1) is 12.0. The minimum atomic E-state index is 0.0192. The van der Waals surface area contributed by atoms with Crippen LogP contribution in [0.4, 0.5) is 5.82 Å². The van der Waals surface area contributed by atoms with E-state index in [2.05, 4.69) is 31.5 Å². The van der Waals surface area contributed by atoms with Crippen LogP contribution in [0.15, 0.2) is 16.7 Å². The fourth-order valence-electron chi connectivity index (χ4n) is 1.08. The highest BCUT2D eigenvalue weighted by atomic mass is 79.9. The SMILES string of the molecule is CNC(=O)CCNc1ncc(C)cc1Br. The third kappa shape index (κ3) is 3.87. The Bertz CT molecular complexity index is 355. The number of carbonyl (C=O) groups is 1. The van der Waals surface area contributed by atoms with E-state index in [9.17, 15) is 4.79 Å². The van der Waals surface area contributed by atoms with Gasteiger partial charge in [0.2, 0.25) is 5.91 Å². The lowest BCUT2D eigenvalue weighted by Gasteiger charge is -2.07. The molecule has 1 aromatic heterocycles. The summed E-state index contributed by atoms with van der Waals surface area (Å²) >= 11 is 3.41. The van der Waals surface area contributed by atoms with Crippen LogP contribution in [0, 0.1) is 6.92 Å². The minimum Gasteiger partial charge on any atom is -0.369 e. The van der Waals surface area contributed by atoms with E-state index >= 15 is 0 Å². The smallest absolute Gasteiger partial charge is 0.221 e. The van der Waals surface area contributed by atoms with E-state index in [1.165, 1.54) is 0 Å². The number of amides is 1. The second kappa shape index (κ2) is 5.70. The molecule has 0 fully saturated rings. The number of rotatable bonds is 4. The molecule has 0 aliphatic carbocycles. The number of nitrogens with zero attached hydrogens (tertiary/aromatic N) is 1. The number of hydrogen-bond donors (Lipinski definition) is 2. The molecule has 0 spiro atoms. The van der Waals surface area contributed by atoms with Crippen molar-refractivity contribution in [2.75, 3.05) is 18.9 Å². The summed E-state index contributed by atoms with van der Waals surface area (Å²) in [5.74, 6) is 0.787. The first-order valence-electron chi connectivity index (χ1n) is 4.70. The van der Waals surface area contributed by atoms with Crippen molar-refractivity contribution in [3.63, 3.8) is 0 Å². The number of carbonyl (C=O) groups excluding carboxylic acids is 1. The lowest BCUT2D eigenvalue weighted by molar-refractivity contribution is -0.120. The lowest BCUT2D eigenvalue weighted by atomic mass is 10.3. The molecule has 0 aromatic carbocycles. The highest BCUT2D eigenvalue weighted by molar-refractivity contribution is 9.10. The third-order valence-electron chi connectivity index (χ3n) is 1.90. The Morgan fingerprint density at radius 1 is 1.60 bits per heavy atom. The molecular formula is C10H14BrN3O. The van der Waals surface area contributed by atoms with Gasteiger partial charge in [0.1, 0.15) is 5.82 Å². The third-order valence-corrected chi connectivity index (χ3v) is 2.51. The molecule has 15 heavy (non-hydrogen) atoms. The molecule has 0 aliphatic heterocycles. The summed E-state index contributed by atoms with van der Waals surface area (Å²) in [5, 5.41) is 5.65. The van der Waals surface area contributed by atoms with E-state index in [1.807, 2.05) is 13.0 Å². The van der Waals surface area contributed by atoms with Gasteiger partial charge in [-0.05, 0) is 34.5 Å². The van der Waals surface area contributed by atoms with Gasteiger partial charge < -0.3 is 10.6 Å². The van der Waals surface area contributed by atoms with E-state index < -0.39 is 0 Å². The fourth-order valence-corrected chi connectivity index (χ4v) is 1.69. The summed E-state index contributed by atoms with van der Waals surface area (Å²) in [6, 6.07) is 1.98. The molecule has 1 rings (SSSR count). The average molecular weight is 272 g/mol. The Balaban J connectivity index is 2.47. The molecule has 0 unspecified atom stereocenters. The molecule has 0 bridgehead atoms. The van der Waals surface area contributed by atoms with Gasteiger partial charge in [0.15, 0.2) is 0 Å². The van der Waals surface area contributed by atoms with Crippen molar-refractivity contribution >= 4 is 27.7 Å². The highest BCUT2D eigenvalue weighted by Crippen LogP contribution is 2.20. The minimum absolute atomic E-state index is 0.0192. The summed E-state index contributed by atoms with van der Waals surface area (Å²) in [6.07, 6.45) is 2.23. The van der Waals surface area contributed by atoms with E-state index in [0.29, 0.717) is 13.0 Å². The first-order valence-corrected chi connectivity index (χ1v) is 5.49. The summed E-state index contributed by atoms with van der Waals surface area (Å²) in [4.78, 5) is 15.2. The molecule has 0 saturated carbocycles. The standard InChI is InChI=1S/C10H14BrN3O/c1-7-5-8(11)10(14-6-7)13-4-3-9(15)12-2/h5-6H,3-4H2,1-2H3,(H,12,15)(H,13,14). The first-order chi connectivity index (χ1) is 7.13. The lowest BCUT2D eigenvalue weighted by Crippen LogP contribution is -2.21. The Labute approximate surface area is 97.6 Å². The van der Waals surface area contributed by atoms with Gasteiger partial charge in [0.25, 0.3) is 0 Å². The zero-order valence-corrected chi connectivity index (χ0v) is 10.4. The quantitative estimate of drug-likeness (QED) is 0.877. The van der Waals surface area contributed by atoms with Crippen LogP contribution in [-0.2, 0) is 4.79 Å². The molecule has 1 heterocycles. The van der Waals surface area contributed by atoms with Crippen LogP contribution in [0.5, 0.6) is 0 Å². The maximum Gasteiger partial charge on any atom is 0.221 e. The van der Waals surface area contributed by atoms with Crippen LogP contribution in [-0.4, -0.2) is 24.5 Å². The van der Waals surface area contributed by atoms with E-state index in [-0.39, 0.29) is 5.91 Å². The Kier molecular flexibility index (Phi) is 4.55. The van der Waals surface area contributed by atoms with Gasteiger partial charge in [-0.2, -0.15) is 0 Å². The van der Waals surface area contributed by atoms with Gasteiger partial charge in [-0.3, -0.25) is 4.79 Å². The average Bonchev–Trinajstić information content (AvgIpc) is 2.21. The van der Waals surface area contributed by atoms with Crippen LogP contribution < -0.4 is 10.6 Å². The van der Waals surface area contributed by atoms with Crippen molar-refractivity contribution in [1.82, 2.24) is 10.3 Å². The van der Waals surface area contributed by atoms with Gasteiger partial charge in [-0.15, -0.1) is 0 Å². The molecule has 0 radical (unpaired) electrons. The van der Waals surface area contributed by atoms with Gasteiger partial charge >= 0.3 is 0 Å². The monoisotopic (exact) mass is 271 g/mol. The molecule has 1 aromatic rings. The molecule has 4 nitrogen and oxygen atoms in total. The van der Waals surface area contributed by atoms with E-state index in [4.69, 9.17) is 0 Å². The van der Waals surface area contributed by atoms with Crippen molar-refractivity contribution in [1.29, 1.82) is 0 Å². The summed E-state index contributed by atoms with van der Waals surface area (Å²) in [6.45, 7) is 2.56. The van der Waals surface area contributed by atoms with Gasteiger partial charge in [-0.25, -0.2) is 4.98 Å². The number of anilines is 1. The molecule has 5 heteroatoms. The maximum atomic E-state index is 11.0. The number of nitrogens with one attached hydrogen (secondary N) is 2. The number of aryl methyl sites for hydroxylation is 1. The van der Waals surface area contributed by atoms with Crippen LogP contribution in [0.25, 0.3) is 0 Å². The summed E-state index contributed by atoms with van der Waals surface area (Å²) in [7, 11) is 1.63. The van der Waals surface area contributed by atoms with Crippen molar-refractivity contribution in [2.24, 2.45) is 0 Å². The number of hydrogen-bond acceptors (Lipinski definition) is 3. The van der Waals surface area contributed by atoms with Crippen LogP contribution in [0.1, 0.15) is 12.0 Å². The predicted molar refractivity (Wildman–Crippen MR) is 63.8 cm³/mol. The van der Waals surface area contributed by atoms with Crippen LogP contribution >= 0.6 is 15.9 Å². The number of pyridine rings is 1. The largest absolute Gasteiger partial charge is 0.369 e. The Hall–Kier alpha value is -1.10. The van der Waals surface area contributed by atoms with Crippen molar-refractivity contribution in [2.45, 2.75) is 13.3 Å². The van der Waals surface area contributed by atoms with Crippen LogP contribution in [0.3, 0.4) is 0 Å². The van der Waals surface area contributed by atoms with Gasteiger partial charge in [0.05, 0.1) is 4.47 Å². The molecule has 0 aliphatic rings. The molecule has 82 valence electrons. The fraction of sp³-hybridized carbons (Fsp3) is 0.400. The molecule has 0 atom stereocenters. The molecular weight excluding hydrogens is 258 g/mol. The molecule has 0 saturated heterocycles. The Morgan fingerprint density at radius 2 is 2.33 bits per heavy atom. The second-order valence-corrected chi connectivity index (χ2v) is 4.05. The normalized spacial score (nSPS) is 9.80. The highest BCUT2D eigenvalue weighted by Gasteiger charge is 2.02. The zero-order valence-electron chi connectivity index (χ0n) is 8.80.